The molecule has 0 aliphatic carbocycles. The Balaban J connectivity index is 0.00000435. The largest absolute Gasteiger partial charge is 0.457 e. The monoisotopic (exact) mass is 970 g/mol. The standard InChI is InChI=1S/C64H54O7.2H2O/c1-3-5-11-45-17-21-47(22-18-45)25-27-49-29-33-51(34-30-49)61(65)57-13-7-9-15-59(57)71-64(68)54-39-43-56(44-40-54)69-55-41-37-52(38-42-55)62(66)58-14-8-10-16-60(58)70-63(67)53-35-31-50(32-36-53)28-26-48-23-19-46(20-24-48)12-6-4-2;;/h7-10,13-44H,3-6,11-12H2,1-2H3;2*1H2/b27-25+,28-26+;;. The minimum atomic E-state index is -0.634. The number of esters is 2. The van der Waals surface area contributed by atoms with Crippen LogP contribution in [0.1, 0.15) is 125 Å². The van der Waals surface area contributed by atoms with Crippen LogP contribution in [0.3, 0.4) is 0 Å². The summed E-state index contributed by atoms with van der Waals surface area (Å²) < 4.78 is 17.6. The lowest BCUT2D eigenvalue weighted by Gasteiger charge is -2.11. The SMILES string of the molecule is CCCCc1ccc(/C=C/c2ccc(C(=O)Oc3ccccc3C(=O)c3ccc(Oc4ccc(C(=O)Oc5ccccc5C(=O)c5ccc(/C=C/c6ccc(CCCC)cc6)cc5)cc4)cc3)cc2)cc1.O.O. The third-order valence-corrected chi connectivity index (χ3v) is 12.0. The third kappa shape index (κ3) is 14.6. The highest BCUT2D eigenvalue weighted by Gasteiger charge is 2.20. The van der Waals surface area contributed by atoms with E-state index in [1.54, 1.807) is 121 Å². The Morgan fingerprint density at radius 1 is 0.370 bits per heavy atom. The summed E-state index contributed by atoms with van der Waals surface area (Å²) in [6.45, 7) is 4.39. The van der Waals surface area contributed by atoms with Gasteiger partial charge in [0.2, 0.25) is 0 Å². The first kappa shape index (κ1) is 53.6. The number of aryl methyl sites for hydroxylation is 2. The van der Waals surface area contributed by atoms with Crippen molar-refractivity contribution in [3.63, 3.8) is 0 Å². The van der Waals surface area contributed by atoms with Crippen molar-refractivity contribution in [1.29, 1.82) is 0 Å². The summed E-state index contributed by atoms with van der Waals surface area (Å²) >= 11 is 0. The van der Waals surface area contributed by atoms with Gasteiger partial charge in [-0.05, 0) is 144 Å². The fourth-order valence-electron chi connectivity index (χ4n) is 7.80. The van der Waals surface area contributed by atoms with Gasteiger partial charge in [-0.15, -0.1) is 0 Å². The molecule has 0 atom stereocenters. The second-order valence-electron chi connectivity index (χ2n) is 17.2. The first-order valence-electron chi connectivity index (χ1n) is 24.1. The molecule has 0 saturated heterocycles. The highest BCUT2D eigenvalue weighted by atomic mass is 16.5. The first-order valence-corrected chi connectivity index (χ1v) is 24.1. The van der Waals surface area contributed by atoms with E-state index in [1.165, 1.54) is 36.8 Å². The Kier molecular flexibility index (Phi) is 19.4. The number of rotatable bonds is 20. The summed E-state index contributed by atoms with van der Waals surface area (Å²) in [6, 6.07) is 57.9. The Bertz CT molecular complexity index is 3150. The highest BCUT2D eigenvalue weighted by Crippen LogP contribution is 2.28. The van der Waals surface area contributed by atoms with Gasteiger partial charge in [0.25, 0.3) is 0 Å². The van der Waals surface area contributed by atoms with Gasteiger partial charge < -0.3 is 25.2 Å². The van der Waals surface area contributed by atoms with Crippen LogP contribution in [0, 0.1) is 0 Å². The van der Waals surface area contributed by atoms with Crippen LogP contribution in [0.4, 0.5) is 0 Å². The van der Waals surface area contributed by atoms with Crippen LogP contribution in [0.25, 0.3) is 24.3 Å². The molecule has 0 bridgehead atoms. The Morgan fingerprint density at radius 3 is 1.03 bits per heavy atom. The minimum absolute atomic E-state index is 0. The van der Waals surface area contributed by atoms with Crippen LogP contribution in [-0.4, -0.2) is 34.5 Å². The minimum Gasteiger partial charge on any atom is -0.457 e. The van der Waals surface area contributed by atoms with Crippen LogP contribution in [0.15, 0.2) is 194 Å². The molecular formula is C64H58O9. The van der Waals surface area contributed by atoms with E-state index in [4.69, 9.17) is 14.2 Å². The molecule has 0 heterocycles. The van der Waals surface area contributed by atoms with Crippen LogP contribution in [0.5, 0.6) is 23.0 Å². The van der Waals surface area contributed by atoms with Crippen molar-refractivity contribution >= 4 is 47.8 Å². The Labute approximate surface area is 426 Å². The molecule has 368 valence electrons. The van der Waals surface area contributed by atoms with Gasteiger partial charge in [-0.25, -0.2) is 9.59 Å². The Hall–Kier alpha value is -8.76. The van der Waals surface area contributed by atoms with Crippen molar-refractivity contribution in [2.24, 2.45) is 0 Å². The van der Waals surface area contributed by atoms with E-state index in [-0.39, 0.29) is 50.7 Å². The molecule has 0 radical (unpaired) electrons. The fraction of sp³-hybridized carbons (Fsp3) is 0.125. The highest BCUT2D eigenvalue weighted by molar-refractivity contribution is 6.12. The van der Waals surface area contributed by atoms with Crippen LogP contribution in [0.2, 0.25) is 0 Å². The Morgan fingerprint density at radius 2 is 0.671 bits per heavy atom. The van der Waals surface area contributed by atoms with E-state index in [0.717, 1.165) is 35.1 Å². The van der Waals surface area contributed by atoms with Gasteiger partial charge in [0.05, 0.1) is 22.3 Å². The second-order valence-corrected chi connectivity index (χ2v) is 17.2. The lowest BCUT2D eigenvalue weighted by atomic mass is 10.0. The maximum absolute atomic E-state index is 13.7. The molecule has 0 aliphatic heterocycles. The predicted octanol–water partition coefficient (Wildman–Crippen LogP) is 13.8. The lowest BCUT2D eigenvalue weighted by molar-refractivity contribution is 0.0722. The van der Waals surface area contributed by atoms with Gasteiger partial charge in [0.1, 0.15) is 23.0 Å². The number of hydrogen-bond acceptors (Lipinski definition) is 7. The zero-order valence-corrected chi connectivity index (χ0v) is 40.9. The third-order valence-electron chi connectivity index (χ3n) is 12.0. The fourth-order valence-corrected chi connectivity index (χ4v) is 7.80. The van der Waals surface area contributed by atoms with Gasteiger partial charge in [0.15, 0.2) is 11.6 Å². The molecule has 0 spiro atoms. The van der Waals surface area contributed by atoms with Crippen molar-refractivity contribution in [1.82, 2.24) is 0 Å². The summed E-state index contributed by atoms with van der Waals surface area (Å²) in [6.07, 6.45) is 15.0. The molecule has 0 aromatic heterocycles. The van der Waals surface area contributed by atoms with E-state index in [1.807, 2.05) is 42.5 Å². The molecule has 0 unspecified atom stereocenters. The van der Waals surface area contributed by atoms with Crippen LogP contribution in [-0.2, 0) is 12.8 Å². The van der Waals surface area contributed by atoms with E-state index in [0.29, 0.717) is 28.2 Å². The molecule has 9 heteroatoms. The topological polar surface area (TPSA) is 159 Å². The number of carbonyl (C=O) groups is 4. The van der Waals surface area contributed by atoms with E-state index in [9.17, 15) is 19.2 Å². The number of benzene rings is 8. The van der Waals surface area contributed by atoms with E-state index < -0.39 is 11.9 Å². The number of carbonyl (C=O) groups excluding carboxylic acids is 4. The molecule has 73 heavy (non-hydrogen) atoms. The van der Waals surface area contributed by atoms with Gasteiger partial charge >= 0.3 is 11.9 Å². The second kappa shape index (κ2) is 26.4. The normalized spacial score (nSPS) is 10.8. The van der Waals surface area contributed by atoms with Crippen molar-refractivity contribution in [2.75, 3.05) is 0 Å². The smallest absolute Gasteiger partial charge is 0.343 e. The molecule has 0 aliphatic rings. The summed E-state index contributed by atoms with van der Waals surface area (Å²) in [5.41, 5.74) is 8.72. The quantitative estimate of drug-likeness (QED) is 0.0318. The van der Waals surface area contributed by atoms with Crippen molar-refractivity contribution in [3.05, 3.63) is 261 Å². The van der Waals surface area contributed by atoms with E-state index in [2.05, 4.69) is 68.5 Å². The molecule has 8 aromatic carbocycles. The summed E-state index contributed by atoms with van der Waals surface area (Å²) in [5.74, 6) is -0.600. The molecule has 0 amide bonds. The molecule has 8 aromatic rings. The molecular weight excluding hydrogens is 913 g/mol. The maximum Gasteiger partial charge on any atom is 0.343 e. The average molecular weight is 971 g/mol. The van der Waals surface area contributed by atoms with Gasteiger partial charge in [0, 0.05) is 11.1 Å². The molecule has 9 nitrogen and oxygen atoms in total. The number of ether oxygens (including phenoxy) is 3. The predicted molar refractivity (Wildman–Crippen MR) is 291 cm³/mol. The van der Waals surface area contributed by atoms with Crippen molar-refractivity contribution in [2.45, 2.75) is 52.4 Å². The zero-order chi connectivity index (χ0) is 49.4. The molecule has 4 N–H and O–H groups in total. The number of ketones is 2. The molecule has 8 rings (SSSR count). The van der Waals surface area contributed by atoms with Crippen molar-refractivity contribution < 1.29 is 44.3 Å². The number of hydrogen-bond donors (Lipinski definition) is 0. The molecule has 0 fully saturated rings. The average Bonchev–Trinajstić information content (AvgIpc) is 3.42. The van der Waals surface area contributed by atoms with Gasteiger partial charge in [-0.2, -0.15) is 0 Å². The van der Waals surface area contributed by atoms with Gasteiger partial charge in [-0.3, -0.25) is 9.59 Å². The summed E-state index contributed by atoms with van der Waals surface area (Å²) in [4.78, 5) is 53.9. The first-order chi connectivity index (χ1) is 34.7. The number of unbranched alkanes of at least 4 members (excludes halogenated alkanes) is 2. The molecule has 0 saturated carbocycles. The summed E-state index contributed by atoms with van der Waals surface area (Å²) in [5, 5.41) is 0. The summed E-state index contributed by atoms with van der Waals surface area (Å²) in [7, 11) is 0. The van der Waals surface area contributed by atoms with Crippen molar-refractivity contribution in [3.8, 4) is 23.0 Å². The lowest BCUT2D eigenvalue weighted by Crippen LogP contribution is -2.12. The number of para-hydroxylation sites is 2. The van der Waals surface area contributed by atoms with Crippen LogP contribution < -0.4 is 14.2 Å². The van der Waals surface area contributed by atoms with E-state index >= 15 is 0 Å². The maximum atomic E-state index is 13.7. The van der Waals surface area contributed by atoms with Gasteiger partial charge in [-0.1, -0.05) is 160 Å². The van der Waals surface area contributed by atoms with Crippen LogP contribution >= 0.6 is 0 Å². The zero-order valence-electron chi connectivity index (χ0n) is 40.9.